The summed E-state index contributed by atoms with van der Waals surface area (Å²) >= 11 is 1.63. The minimum absolute atomic E-state index is 0.104. The highest BCUT2D eigenvalue weighted by molar-refractivity contribution is 7.98. The van der Waals surface area contributed by atoms with Crippen molar-refractivity contribution >= 4 is 29.6 Å². The van der Waals surface area contributed by atoms with Crippen molar-refractivity contribution in [3.8, 4) is 0 Å². The fourth-order valence-corrected chi connectivity index (χ4v) is 3.47. The largest absolute Gasteiger partial charge is 0.334 e. The quantitative estimate of drug-likeness (QED) is 0.486. The SMILES string of the molecule is CSc1ccc(CN2C(=O)C(=O)N(C3CCCC3)C2=O)cc1. The van der Waals surface area contributed by atoms with Crippen LogP contribution in [0.25, 0.3) is 0 Å². The number of amides is 4. The molecule has 1 aliphatic heterocycles. The molecule has 2 aliphatic rings. The number of hydrogen-bond acceptors (Lipinski definition) is 4. The minimum Gasteiger partial charge on any atom is -0.263 e. The Balaban J connectivity index is 1.76. The van der Waals surface area contributed by atoms with E-state index in [0.717, 1.165) is 41.0 Å². The van der Waals surface area contributed by atoms with Gasteiger partial charge in [-0.2, -0.15) is 0 Å². The molecule has 0 bridgehead atoms. The zero-order valence-corrected chi connectivity index (χ0v) is 13.3. The van der Waals surface area contributed by atoms with Crippen LogP contribution in [0.15, 0.2) is 29.2 Å². The molecule has 1 aromatic carbocycles. The van der Waals surface area contributed by atoms with Gasteiger partial charge in [-0.05, 0) is 36.8 Å². The second-order valence-corrected chi connectivity index (χ2v) is 6.52. The van der Waals surface area contributed by atoms with Gasteiger partial charge in [-0.15, -0.1) is 11.8 Å². The summed E-state index contributed by atoms with van der Waals surface area (Å²) in [6, 6.07) is 7.09. The molecule has 4 amide bonds. The third-order valence-electron chi connectivity index (χ3n) is 4.27. The van der Waals surface area contributed by atoms with Crippen LogP contribution in [0.4, 0.5) is 4.79 Å². The van der Waals surface area contributed by atoms with Gasteiger partial charge in [0.15, 0.2) is 0 Å². The maximum atomic E-state index is 12.4. The number of hydrogen-bond donors (Lipinski definition) is 0. The molecule has 0 atom stereocenters. The van der Waals surface area contributed by atoms with E-state index in [-0.39, 0.29) is 12.6 Å². The first kappa shape index (κ1) is 15.1. The fraction of sp³-hybridized carbons (Fsp3) is 0.438. The summed E-state index contributed by atoms with van der Waals surface area (Å²) in [5.74, 6) is -1.37. The number of carbonyl (C=O) groups excluding carboxylic acids is 3. The van der Waals surface area contributed by atoms with E-state index in [1.165, 1.54) is 4.90 Å². The number of urea groups is 1. The lowest BCUT2D eigenvalue weighted by Gasteiger charge is -2.21. The van der Waals surface area contributed by atoms with Crippen LogP contribution in [0.1, 0.15) is 31.2 Å². The summed E-state index contributed by atoms with van der Waals surface area (Å²) < 4.78 is 0. The summed E-state index contributed by atoms with van der Waals surface area (Å²) in [5.41, 5.74) is 0.848. The molecule has 0 aromatic heterocycles. The Morgan fingerprint density at radius 2 is 1.68 bits per heavy atom. The molecule has 116 valence electrons. The highest BCUT2D eigenvalue weighted by Gasteiger charge is 2.47. The average molecular weight is 318 g/mol. The second kappa shape index (κ2) is 6.12. The third kappa shape index (κ3) is 2.63. The van der Waals surface area contributed by atoms with E-state index in [1.54, 1.807) is 11.8 Å². The Morgan fingerprint density at radius 1 is 1.05 bits per heavy atom. The van der Waals surface area contributed by atoms with Crippen molar-refractivity contribution in [3.05, 3.63) is 29.8 Å². The number of thioether (sulfide) groups is 1. The minimum atomic E-state index is -0.703. The van der Waals surface area contributed by atoms with E-state index in [1.807, 2.05) is 30.5 Å². The van der Waals surface area contributed by atoms with Crippen molar-refractivity contribution < 1.29 is 14.4 Å². The summed E-state index contributed by atoms with van der Waals surface area (Å²) in [6.07, 6.45) is 5.61. The summed E-state index contributed by atoms with van der Waals surface area (Å²) in [5, 5.41) is 0. The molecule has 1 saturated heterocycles. The molecular formula is C16H18N2O3S. The topological polar surface area (TPSA) is 57.7 Å². The molecular weight excluding hydrogens is 300 g/mol. The standard InChI is InChI=1S/C16H18N2O3S/c1-22-13-8-6-11(7-9-13)10-17-14(19)15(20)18(16(17)21)12-4-2-3-5-12/h6-9,12H,2-5,10H2,1H3. The lowest BCUT2D eigenvalue weighted by atomic mass is 10.2. The van der Waals surface area contributed by atoms with Gasteiger partial charge in [-0.3, -0.25) is 19.4 Å². The van der Waals surface area contributed by atoms with E-state index >= 15 is 0 Å². The first-order chi connectivity index (χ1) is 10.6. The number of nitrogens with zero attached hydrogens (tertiary/aromatic N) is 2. The Bertz CT molecular complexity index is 608. The Morgan fingerprint density at radius 3 is 2.27 bits per heavy atom. The van der Waals surface area contributed by atoms with Crippen molar-refractivity contribution in [3.63, 3.8) is 0 Å². The molecule has 5 nitrogen and oxygen atoms in total. The van der Waals surface area contributed by atoms with Gasteiger partial charge in [-0.25, -0.2) is 4.79 Å². The third-order valence-corrected chi connectivity index (χ3v) is 5.02. The van der Waals surface area contributed by atoms with Crippen molar-refractivity contribution in [1.29, 1.82) is 0 Å². The van der Waals surface area contributed by atoms with Gasteiger partial charge in [-0.1, -0.05) is 25.0 Å². The van der Waals surface area contributed by atoms with Crippen LogP contribution in [0.2, 0.25) is 0 Å². The van der Waals surface area contributed by atoms with Gasteiger partial charge >= 0.3 is 17.8 Å². The highest BCUT2D eigenvalue weighted by atomic mass is 32.2. The zero-order chi connectivity index (χ0) is 15.7. The van der Waals surface area contributed by atoms with Gasteiger partial charge < -0.3 is 0 Å². The number of rotatable bonds is 4. The molecule has 3 rings (SSSR count). The smallest absolute Gasteiger partial charge is 0.263 e. The maximum absolute atomic E-state index is 12.4. The highest BCUT2D eigenvalue weighted by Crippen LogP contribution is 2.28. The number of carbonyl (C=O) groups is 3. The van der Waals surface area contributed by atoms with Crippen LogP contribution in [0, 0.1) is 0 Å². The van der Waals surface area contributed by atoms with E-state index in [0.29, 0.717) is 0 Å². The predicted octanol–water partition coefficient (Wildman–Crippen LogP) is 2.64. The molecule has 0 unspecified atom stereocenters. The van der Waals surface area contributed by atoms with Crippen molar-refractivity contribution in [2.45, 2.75) is 43.2 Å². The summed E-state index contributed by atoms with van der Waals surface area (Å²) in [4.78, 5) is 40.0. The molecule has 1 aliphatic carbocycles. The first-order valence-electron chi connectivity index (χ1n) is 7.44. The first-order valence-corrected chi connectivity index (χ1v) is 8.66. The van der Waals surface area contributed by atoms with Crippen LogP contribution in [0.3, 0.4) is 0 Å². The molecule has 2 fully saturated rings. The van der Waals surface area contributed by atoms with Crippen LogP contribution >= 0.6 is 11.8 Å². The number of benzene rings is 1. The molecule has 1 aromatic rings. The Hall–Kier alpha value is -1.82. The second-order valence-electron chi connectivity index (χ2n) is 5.64. The average Bonchev–Trinajstić information content (AvgIpc) is 3.12. The monoisotopic (exact) mass is 318 g/mol. The molecule has 0 spiro atoms. The van der Waals surface area contributed by atoms with Crippen LogP contribution in [-0.4, -0.2) is 39.9 Å². The van der Waals surface area contributed by atoms with Crippen molar-refractivity contribution in [1.82, 2.24) is 9.80 Å². The van der Waals surface area contributed by atoms with Crippen molar-refractivity contribution in [2.75, 3.05) is 6.26 Å². The number of imide groups is 2. The lowest BCUT2D eigenvalue weighted by molar-refractivity contribution is -0.144. The van der Waals surface area contributed by atoms with E-state index in [4.69, 9.17) is 0 Å². The maximum Gasteiger partial charge on any atom is 0.334 e. The van der Waals surface area contributed by atoms with Gasteiger partial charge in [0.2, 0.25) is 0 Å². The molecule has 22 heavy (non-hydrogen) atoms. The summed E-state index contributed by atoms with van der Waals surface area (Å²) in [7, 11) is 0. The molecule has 1 heterocycles. The summed E-state index contributed by atoms with van der Waals surface area (Å²) in [6.45, 7) is 0.154. The Labute approximate surface area is 133 Å². The van der Waals surface area contributed by atoms with Gasteiger partial charge in [0.1, 0.15) is 0 Å². The van der Waals surface area contributed by atoms with Gasteiger partial charge in [0, 0.05) is 10.9 Å². The fourth-order valence-electron chi connectivity index (χ4n) is 3.06. The zero-order valence-electron chi connectivity index (χ0n) is 12.4. The van der Waals surface area contributed by atoms with Crippen LogP contribution in [-0.2, 0) is 16.1 Å². The lowest BCUT2D eigenvalue weighted by Crippen LogP contribution is -2.39. The van der Waals surface area contributed by atoms with Crippen LogP contribution in [0.5, 0.6) is 0 Å². The van der Waals surface area contributed by atoms with Gasteiger partial charge in [0.25, 0.3) is 0 Å². The molecule has 1 saturated carbocycles. The van der Waals surface area contributed by atoms with E-state index < -0.39 is 17.8 Å². The molecule has 6 heteroatoms. The Kier molecular flexibility index (Phi) is 4.20. The molecule has 0 N–H and O–H groups in total. The van der Waals surface area contributed by atoms with E-state index in [9.17, 15) is 14.4 Å². The predicted molar refractivity (Wildman–Crippen MR) is 83.3 cm³/mol. The van der Waals surface area contributed by atoms with E-state index in [2.05, 4.69) is 0 Å². The normalized spacial score (nSPS) is 19.6. The molecule has 0 radical (unpaired) electrons. The van der Waals surface area contributed by atoms with Gasteiger partial charge in [0.05, 0.1) is 6.54 Å². The van der Waals surface area contributed by atoms with Crippen molar-refractivity contribution in [2.24, 2.45) is 0 Å². The van der Waals surface area contributed by atoms with Crippen LogP contribution < -0.4 is 0 Å².